The summed E-state index contributed by atoms with van der Waals surface area (Å²) in [7, 11) is 0. The van der Waals surface area contributed by atoms with E-state index in [2.05, 4.69) is 0 Å². The number of esters is 2. The Labute approximate surface area is 147 Å². The molecule has 1 aromatic carbocycles. The maximum absolute atomic E-state index is 12.1. The first kappa shape index (κ1) is 20.8. The Morgan fingerprint density at radius 1 is 1.04 bits per heavy atom. The lowest BCUT2D eigenvalue weighted by molar-refractivity contribution is -0.168. The van der Waals surface area contributed by atoms with Crippen LogP contribution < -0.4 is 5.73 Å². The zero-order chi connectivity index (χ0) is 19.1. The third kappa shape index (κ3) is 6.26. The smallest absolute Gasteiger partial charge is 0.323 e. The third-order valence-corrected chi connectivity index (χ3v) is 4.08. The summed E-state index contributed by atoms with van der Waals surface area (Å²) in [6.07, 6.45) is -0.417. The first-order valence-electron chi connectivity index (χ1n) is 8.33. The van der Waals surface area contributed by atoms with Crippen LogP contribution in [0.3, 0.4) is 0 Å². The van der Waals surface area contributed by atoms with Crippen molar-refractivity contribution in [3.05, 3.63) is 23.8 Å². The van der Waals surface area contributed by atoms with E-state index in [0.717, 1.165) is 0 Å². The first-order valence-corrected chi connectivity index (χ1v) is 8.33. The summed E-state index contributed by atoms with van der Waals surface area (Å²) in [5.74, 6) is -1.70. The van der Waals surface area contributed by atoms with Gasteiger partial charge in [0.15, 0.2) is 11.5 Å². The summed E-state index contributed by atoms with van der Waals surface area (Å²) in [5.41, 5.74) is 6.42. The van der Waals surface area contributed by atoms with E-state index >= 15 is 0 Å². The molecule has 25 heavy (non-hydrogen) atoms. The number of carbonyl (C=O) groups excluding carboxylic acids is 2. The quantitative estimate of drug-likeness (QED) is 0.482. The van der Waals surface area contributed by atoms with Crippen molar-refractivity contribution in [1.82, 2.24) is 0 Å². The van der Waals surface area contributed by atoms with Gasteiger partial charge in [-0.1, -0.05) is 19.9 Å². The summed E-state index contributed by atoms with van der Waals surface area (Å²) in [5, 5.41) is 18.7. The molecule has 0 aliphatic carbocycles. The normalized spacial score (nSPS) is 15.7. The van der Waals surface area contributed by atoms with E-state index in [-0.39, 0.29) is 29.8 Å². The molecule has 0 aliphatic rings. The van der Waals surface area contributed by atoms with Gasteiger partial charge in [-0.25, -0.2) is 0 Å². The van der Waals surface area contributed by atoms with E-state index in [1.807, 2.05) is 6.92 Å². The summed E-state index contributed by atoms with van der Waals surface area (Å²) in [4.78, 5) is 23.9. The minimum Gasteiger partial charge on any atom is -0.504 e. The fraction of sp³-hybridized carbons (Fsp3) is 0.556. The van der Waals surface area contributed by atoms with Crippen LogP contribution in [0.1, 0.15) is 39.7 Å². The van der Waals surface area contributed by atoms with Gasteiger partial charge in [0.25, 0.3) is 0 Å². The molecule has 0 saturated heterocycles. The zero-order valence-electron chi connectivity index (χ0n) is 15.1. The lowest BCUT2D eigenvalue weighted by Gasteiger charge is -2.23. The second kappa shape index (κ2) is 9.27. The lowest BCUT2D eigenvalue weighted by Crippen LogP contribution is -2.39. The van der Waals surface area contributed by atoms with Crippen LogP contribution >= 0.6 is 0 Å². The zero-order valence-corrected chi connectivity index (χ0v) is 15.1. The van der Waals surface area contributed by atoms with Gasteiger partial charge in [-0.2, -0.15) is 0 Å². The topological polar surface area (TPSA) is 119 Å². The molecule has 7 heteroatoms. The fourth-order valence-electron chi connectivity index (χ4n) is 1.96. The maximum Gasteiger partial charge on any atom is 0.323 e. The minimum absolute atomic E-state index is 0.139. The van der Waals surface area contributed by atoms with Gasteiger partial charge >= 0.3 is 11.9 Å². The Morgan fingerprint density at radius 3 is 2.12 bits per heavy atom. The van der Waals surface area contributed by atoms with Crippen LogP contribution in [-0.4, -0.2) is 40.4 Å². The third-order valence-electron chi connectivity index (χ3n) is 4.08. The van der Waals surface area contributed by atoms with E-state index < -0.39 is 24.2 Å². The van der Waals surface area contributed by atoms with Gasteiger partial charge in [-0.05, 0) is 44.4 Å². The molecule has 0 radical (unpaired) electrons. The first-order chi connectivity index (χ1) is 11.6. The average molecular weight is 353 g/mol. The monoisotopic (exact) mass is 353 g/mol. The van der Waals surface area contributed by atoms with E-state index in [1.165, 1.54) is 12.1 Å². The van der Waals surface area contributed by atoms with Gasteiger partial charge in [0.1, 0.15) is 18.2 Å². The van der Waals surface area contributed by atoms with Crippen molar-refractivity contribution in [1.29, 1.82) is 0 Å². The van der Waals surface area contributed by atoms with E-state index in [0.29, 0.717) is 12.0 Å². The Hall–Kier alpha value is -2.28. The number of hydrogen-bond donors (Lipinski definition) is 3. The largest absolute Gasteiger partial charge is 0.504 e. The van der Waals surface area contributed by atoms with Gasteiger partial charge in [-0.3, -0.25) is 9.59 Å². The van der Waals surface area contributed by atoms with Crippen LogP contribution in [-0.2, 0) is 25.5 Å². The number of phenols is 2. The van der Waals surface area contributed by atoms with Crippen molar-refractivity contribution in [2.75, 3.05) is 0 Å². The van der Waals surface area contributed by atoms with Crippen molar-refractivity contribution in [3.8, 4) is 11.5 Å². The summed E-state index contributed by atoms with van der Waals surface area (Å²) >= 11 is 0. The van der Waals surface area contributed by atoms with Crippen LogP contribution in [0.2, 0.25) is 0 Å². The van der Waals surface area contributed by atoms with Gasteiger partial charge < -0.3 is 25.4 Å². The number of nitrogens with two attached hydrogens (primary N) is 1. The highest BCUT2D eigenvalue weighted by atomic mass is 16.6. The van der Waals surface area contributed by atoms with Gasteiger partial charge in [0.2, 0.25) is 0 Å². The summed E-state index contributed by atoms with van der Waals surface area (Å²) < 4.78 is 10.5. The van der Waals surface area contributed by atoms with E-state index in [9.17, 15) is 19.8 Å². The molecule has 0 spiro atoms. The second-order valence-corrected chi connectivity index (χ2v) is 6.23. The lowest BCUT2D eigenvalue weighted by atomic mass is 10.1. The number of phenolic OH excluding ortho intramolecular Hbond substituents is 2. The Balaban J connectivity index is 2.55. The van der Waals surface area contributed by atoms with E-state index in [4.69, 9.17) is 15.2 Å². The molecular weight excluding hydrogens is 326 g/mol. The van der Waals surface area contributed by atoms with Crippen molar-refractivity contribution in [2.45, 2.75) is 58.8 Å². The SMILES string of the molecule is CCC(C)C(=O)O[C@@H](C)[C@@H](C)OC(=O)[C@@H](N)Cc1ccc(O)c(O)c1. The molecule has 1 aromatic rings. The predicted octanol–water partition coefficient (Wildman–Crippen LogP) is 1.88. The van der Waals surface area contributed by atoms with Crippen LogP contribution in [0.25, 0.3) is 0 Å². The highest BCUT2D eigenvalue weighted by Gasteiger charge is 2.25. The molecule has 1 rings (SSSR count). The van der Waals surface area contributed by atoms with Gasteiger partial charge in [0, 0.05) is 0 Å². The molecule has 1 unspecified atom stereocenters. The van der Waals surface area contributed by atoms with Crippen molar-refractivity contribution in [3.63, 3.8) is 0 Å². The predicted molar refractivity (Wildman–Crippen MR) is 92.0 cm³/mol. The Bertz CT molecular complexity index is 603. The molecule has 0 bridgehead atoms. The molecule has 0 fully saturated rings. The van der Waals surface area contributed by atoms with Crippen molar-refractivity contribution < 1.29 is 29.3 Å². The fourth-order valence-corrected chi connectivity index (χ4v) is 1.96. The molecule has 4 atom stereocenters. The molecule has 0 aromatic heterocycles. The van der Waals surface area contributed by atoms with E-state index in [1.54, 1.807) is 26.8 Å². The van der Waals surface area contributed by atoms with Crippen molar-refractivity contribution in [2.24, 2.45) is 11.7 Å². The molecule has 140 valence electrons. The van der Waals surface area contributed by atoms with Gasteiger partial charge in [0.05, 0.1) is 5.92 Å². The van der Waals surface area contributed by atoms with Crippen LogP contribution in [0.4, 0.5) is 0 Å². The Kier molecular flexibility index (Phi) is 7.70. The molecule has 4 N–H and O–H groups in total. The molecule has 0 heterocycles. The molecule has 0 saturated carbocycles. The number of rotatable bonds is 8. The molecule has 0 aliphatic heterocycles. The number of hydrogen-bond acceptors (Lipinski definition) is 7. The number of ether oxygens (including phenoxy) is 2. The standard InChI is InChI=1S/C18H27NO6/c1-5-10(2)17(22)24-11(3)12(4)25-18(23)14(19)8-13-6-7-15(20)16(21)9-13/h6-7,9-12,14,20-21H,5,8,19H2,1-4H3/t10?,11-,12+,14-/m0/s1. The minimum atomic E-state index is -0.941. The number of carbonyl (C=O) groups is 2. The Morgan fingerprint density at radius 2 is 1.60 bits per heavy atom. The highest BCUT2D eigenvalue weighted by molar-refractivity contribution is 5.76. The number of aromatic hydroxyl groups is 2. The van der Waals surface area contributed by atoms with Crippen molar-refractivity contribution >= 4 is 11.9 Å². The summed E-state index contributed by atoms with van der Waals surface area (Å²) in [6, 6.07) is 3.27. The molecular formula is C18H27NO6. The van der Waals surface area contributed by atoms with Crippen LogP contribution in [0.5, 0.6) is 11.5 Å². The second-order valence-electron chi connectivity index (χ2n) is 6.23. The van der Waals surface area contributed by atoms with Crippen LogP contribution in [0.15, 0.2) is 18.2 Å². The highest BCUT2D eigenvalue weighted by Crippen LogP contribution is 2.25. The maximum atomic E-state index is 12.1. The van der Waals surface area contributed by atoms with Gasteiger partial charge in [-0.15, -0.1) is 0 Å². The molecule has 0 amide bonds. The van der Waals surface area contributed by atoms with Crippen LogP contribution in [0, 0.1) is 5.92 Å². The summed E-state index contributed by atoms with van der Waals surface area (Å²) in [6.45, 7) is 6.95. The molecule has 7 nitrogen and oxygen atoms in total. The number of benzene rings is 1. The average Bonchev–Trinajstić information content (AvgIpc) is 2.56.